The number of anilines is 1. The Kier molecular flexibility index (Phi) is 4.78. The van der Waals surface area contributed by atoms with Crippen LogP contribution < -0.4 is 4.90 Å². The van der Waals surface area contributed by atoms with Gasteiger partial charge in [0.25, 0.3) is 11.8 Å². The smallest absolute Gasteiger partial charge is 0.268 e. The van der Waals surface area contributed by atoms with Crippen molar-refractivity contribution in [2.45, 2.75) is 11.4 Å². The van der Waals surface area contributed by atoms with Crippen LogP contribution in [0.15, 0.2) is 72.8 Å². The predicted molar refractivity (Wildman–Crippen MR) is 116 cm³/mol. The Morgan fingerprint density at radius 3 is 2.45 bits per heavy atom. The van der Waals surface area contributed by atoms with Crippen LogP contribution in [0, 0.1) is 11.6 Å². The third kappa shape index (κ3) is 3.03. The van der Waals surface area contributed by atoms with Gasteiger partial charge in [-0.05, 0) is 36.4 Å². The molecule has 0 saturated carbocycles. The van der Waals surface area contributed by atoms with E-state index in [4.69, 9.17) is 0 Å². The van der Waals surface area contributed by atoms with E-state index in [1.165, 1.54) is 42.1 Å². The first kappa shape index (κ1) is 19.8. The van der Waals surface area contributed by atoms with Crippen molar-refractivity contribution in [2.24, 2.45) is 0 Å². The van der Waals surface area contributed by atoms with Gasteiger partial charge in [-0.1, -0.05) is 36.4 Å². The lowest BCUT2D eigenvalue weighted by Gasteiger charge is -2.33. The fourth-order valence-electron chi connectivity index (χ4n) is 4.27. The van der Waals surface area contributed by atoms with Gasteiger partial charge < -0.3 is 9.80 Å². The van der Waals surface area contributed by atoms with Gasteiger partial charge in [0, 0.05) is 29.0 Å². The van der Waals surface area contributed by atoms with Gasteiger partial charge in [-0.15, -0.1) is 11.8 Å². The first-order valence-corrected chi connectivity index (χ1v) is 10.9. The molecule has 2 aliphatic heterocycles. The molecule has 31 heavy (non-hydrogen) atoms. The van der Waals surface area contributed by atoms with Gasteiger partial charge in [-0.25, -0.2) is 8.78 Å². The summed E-state index contributed by atoms with van der Waals surface area (Å²) in [4.78, 5) is 29.1. The minimum atomic E-state index is -1.21. The van der Waals surface area contributed by atoms with E-state index in [2.05, 4.69) is 0 Å². The molecule has 3 aromatic carbocycles. The average molecular weight is 436 g/mol. The zero-order chi connectivity index (χ0) is 21.6. The van der Waals surface area contributed by atoms with Crippen LogP contribution in [-0.2, 0) is 16.2 Å². The van der Waals surface area contributed by atoms with Gasteiger partial charge >= 0.3 is 0 Å². The summed E-state index contributed by atoms with van der Waals surface area (Å²) in [6.07, 6.45) is 0. The second-order valence-electron chi connectivity index (χ2n) is 7.46. The summed E-state index contributed by atoms with van der Waals surface area (Å²) in [5, 5.41) is 0. The highest BCUT2D eigenvalue weighted by atomic mass is 32.2. The minimum Gasteiger partial charge on any atom is -0.311 e. The summed E-state index contributed by atoms with van der Waals surface area (Å²) < 4.78 is 27.7. The molecule has 2 heterocycles. The number of benzene rings is 3. The van der Waals surface area contributed by atoms with E-state index in [1.54, 1.807) is 28.0 Å². The molecule has 2 aliphatic rings. The van der Waals surface area contributed by atoms with Crippen LogP contribution in [0.25, 0.3) is 0 Å². The molecule has 3 aromatic rings. The molecular formula is C24H18F2N2O2S. The quantitative estimate of drug-likeness (QED) is 0.605. The molecule has 2 amide bonds. The lowest BCUT2D eigenvalue weighted by molar-refractivity contribution is -0.123. The fraction of sp³-hybridized carbons (Fsp3) is 0.167. The maximum absolute atomic E-state index is 14.3. The molecule has 0 bridgehead atoms. The Balaban J connectivity index is 1.58. The molecule has 1 fully saturated rings. The van der Waals surface area contributed by atoms with Crippen molar-refractivity contribution >= 4 is 29.3 Å². The lowest BCUT2D eigenvalue weighted by atomic mass is 10.0. The predicted octanol–water partition coefficient (Wildman–Crippen LogP) is 4.55. The number of thioether (sulfide) groups is 1. The van der Waals surface area contributed by atoms with Crippen molar-refractivity contribution in [1.82, 2.24) is 4.90 Å². The molecule has 0 N–H and O–H groups in total. The van der Waals surface area contributed by atoms with E-state index >= 15 is 0 Å². The Morgan fingerprint density at radius 2 is 1.68 bits per heavy atom. The topological polar surface area (TPSA) is 40.6 Å². The number of amides is 2. The molecule has 0 unspecified atom stereocenters. The highest BCUT2D eigenvalue weighted by Gasteiger charge is 2.59. The second kappa shape index (κ2) is 7.50. The van der Waals surface area contributed by atoms with Crippen LogP contribution in [0.5, 0.6) is 0 Å². The summed E-state index contributed by atoms with van der Waals surface area (Å²) in [6, 6.07) is 19.0. The maximum atomic E-state index is 14.3. The number of hydrogen-bond acceptors (Lipinski definition) is 3. The molecule has 1 spiro atoms. The van der Waals surface area contributed by atoms with E-state index in [-0.39, 0.29) is 24.2 Å². The molecule has 0 aliphatic carbocycles. The van der Waals surface area contributed by atoms with Crippen LogP contribution in [-0.4, -0.2) is 29.0 Å². The van der Waals surface area contributed by atoms with Crippen molar-refractivity contribution in [3.05, 3.63) is 101 Å². The third-order valence-electron chi connectivity index (χ3n) is 5.72. The normalized spacial score (nSPS) is 19.9. The number of hydrogen-bond donors (Lipinski definition) is 0. The standard InChI is InChI=1S/C24H18F2N2O2S/c25-18-11-9-16(10-12-18)22(29)28-13-14-31-24(28)19-6-2-4-8-21(19)27(23(24)30)15-17-5-1-3-7-20(17)26/h1-12H,13-15H2/t24-/m1/s1. The SMILES string of the molecule is O=C(c1ccc(F)cc1)N1CCS[C@]12C(=O)N(Cc1ccccc1F)c1ccccc12. The zero-order valence-corrected chi connectivity index (χ0v) is 17.2. The molecule has 1 saturated heterocycles. The number of fused-ring (bicyclic) bond motifs is 2. The molecule has 5 rings (SSSR count). The number of halogens is 2. The monoisotopic (exact) mass is 436 g/mol. The third-order valence-corrected chi connectivity index (χ3v) is 7.14. The van der Waals surface area contributed by atoms with Crippen LogP contribution in [0.3, 0.4) is 0 Å². The molecule has 4 nitrogen and oxygen atoms in total. The van der Waals surface area contributed by atoms with Crippen LogP contribution in [0.4, 0.5) is 14.5 Å². The van der Waals surface area contributed by atoms with Crippen molar-refractivity contribution < 1.29 is 18.4 Å². The minimum absolute atomic E-state index is 0.0728. The molecule has 1 atom stereocenters. The van der Waals surface area contributed by atoms with Crippen LogP contribution in [0.2, 0.25) is 0 Å². The molecule has 7 heteroatoms. The van der Waals surface area contributed by atoms with Crippen LogP contribution >= 0.6 is 11.8 Å². The van der Waals surface area contributed by atoms with Gasteiger partial charge in [-0.2, -0.15) is 0 Å². The van der Waals surface area contributed by atoms with Crippen molar-refractivity contribution in [1.29, 1.82) is 0 Å². The Morgan fingerprint density at radius 1 is 0.968 bits per heavy atom. The number of para-hydroxylation sites is 1. The summed E-state index contributed by atoms with van der Waals surface area (Å²) in [7, 11) is 0. The maximum Gasteiger partial charge on any atom is 0.268 e. The van der Waals surface area contributed by atoms with Crippen molar-refractivity contribution in [3.63, 3.8) is 0 Å². The summed E-state index contributed by atoms with van der Waals surface area (Å²) in [5.74, 6) is -0.830. The number of rotatable bonds is 3. The summed E-state index contributed by atoms with van der Waals surface area (Å²) in [5.41, 5.74) is 2.11. The number of carbonyl (C=O) groups is 2. The van der Waals surface area contributed by atoms with Gasteiger partial charge in [0.15, 0.2) is 4.87 Å². The lowest BCUT2D eigenvalue weighted by Crippen LogP contribution is -2.50. The Labute approximate surface area is 182 Å². The highest BCUT2D eigenvalue weighted by molar-refractivity contribution is 8.01. The highest BCUT2D eigenvalue weighted by Crippen LogP contribution is 2.54. The summed E-state index contributed by atoms with van der Waals surface area (Å²) >= 11 is 1.40. The molecule has 0 radical (unpaired) electrons. The fourth-order valence-corrected chi connectivity index (χ4v) is 5.73. The van der Waals surface area contributed by atoms with Crippen LogP contribution in [0.1, 0.15) is 21.5 Å². The van der Waals surface area contributed by atoms with Gasteiger partial charge in [0.05, 0.1) is 12.2 Å². The first-order chi connectivity index (χ1) is 15.0. The van der Waals surface area contributed by atoms with Gasteiger partial charge in [-0.3, -0.25) is 9.59 Å². The van der Waals surface area contributed by atoms with E-state index in [1.807, 2.05) is 24.3 Å². The van der Waals surface area contributed by atoms with Gasteiger partial charge in [0.1, 0.15) is 11.6 Å². The van der Waals surface area contributed by atoms with E-state index in [0.717, 1.165) is 0 Å². The summed E-state index contributed by atoms with van der Waals surface area (Å²) in [6.45, 7) is 0.456. The van der Waals surface area contributed by atoms with Crippen molar-refractivity contribution in [2.75, 3.05) is 17.2 Å². The number of carbonyl (C=O) groups excluding carboxylic acids is 2. The first-order valence-electron chi connectivity index (χ1n) is 9.89. The zero-order valence-electron chi connectivity index (χ0n) is 16.4. The van der Waals surface area contributed by atoms with E-state index in [9.17, 15) is 18.4 Å². The largest absolute Gasteiger partial charge is 0.311 e. The van der Waals surface area contributed by atoms with E-state index < -0.39 is 10.7 Å². The molecule has 156 valence electrons. The Hall–Kier alpha value is -3.19. The molecule has 0 aromatic heterocycles. The second-order valence-corrected chi connectivity index (χ2v) is 8.74. The Bertz CT molecular complexity index is 1180. The molecular weight excluding hydrogens is 418 g/mol. The average Bonchev–Trinajstić information content (AvgIpc) is 3.32. The van der Waals surface area contributed by atoms with Crippen molar-refractivity contribution in [3.8, 4) is 0 Å². The van der Waals surface area contributed by atoms with Gasteiger partial charge in [0.2, 0.25) is 0 Å². The number of nitrogens with zero attached hydrogens (tertiary/aromatic N) is 2. The van der Waals surface area contributed by atoms with E-state index in [0.29, 0.717) is 34.7 Å².